The zero-order valence-corrected chi connectivity index (χ0v) is 14.4. The van der Waals surface area contributed by atoms with Crippen molar-refractivity contribution in [3.63, 3.8) is 0 Å². The molecule has 1 aromatic carbocycles. The summed E-state index contributed by atoms with van der Waals surface area (Å²) in [5.74, 6) is 0.621. The minimum Gasteiger partial charge on any atom is -0.370 e. The maximum atomic E-state index is 12.4. The lowest BCUT2D eigenvalue weighted by molar-refractivity contribution is 0.0390. The van der Waals surface area contributed by atoms with Gasteiger partial charge in [-0.3, -0.25) is 9.36 Å². The molecule has 26 heavy (non-hydrogen) atoms. The molecule has 1 fully saturated rings. The Kier molecular flexibility index (Phi) is 4.45. The molecule has 4 rings (SSSR count). The van der Waals surface area contributed by atoms with Crippen LogP contribution in [0.25, 0.3) is 11.4 Å². The van der Waals surface area contributed by atoms with Gasteiger partial charge in [0, 0.05) is 25.9 Å². The first-order valence-electron chi connectivity index (χ1n) is 8.48. The highest BCUT2D eigenvalue weighted by Gasteiger charge is 2.25. The van der Waals surface area contributed by atoms with Crippen molar-refractivity contribution >= 4 is 5.95 Å². The fourth-order valence-corrected chi connectivity index (χ4v) is 3.08. The Balaban J connectivity index is 1.68. The minimum atomic E-state index is -0.119. The third-order valence-electron chi connectivity index (χ3n) is 4.48. The third kappa shape index (κ3) is 3.21. The van der Waals surface area contributed by atoms with E-state index in [-0.39, 0.29) is 11.7 Å². The van der Waals surface area contributed by atoms with Gasteiger partial charge in [-0.1, -0.05) is 30.3 Å². The van der Waals surface area contributed by atoms with E-state index in [9.17, 15) is 4.79 Å². The highest BCUT2D eigenvalue weighted by Crippen LogP contribution is 2.25. The fourth-order valence-electron chi connectivity index (χ4n) is 3.08. The number of rotatable bonds is 3. The average Bonchev–Trinajstić information content (AvgIpc) is 2.71. The molecule has 0 amide bonds. The van der Waals surface area contributed by atoms with E-state index in [1.165, 1.54) is 12.4 Å². The minimum absolute atomic E-state index is 0.0513. The summed E-state index contributed by atoms with van der Waals surface area (Å²) in [4.78, 5) is 27.4. The fraction of sp³-hybridized carbons (Fsp3) is 0.263. The van der Waals surface area contributed by atoms with Crippen molar-refractivity contribution < 1.29 is 4.74 Å². The van der Waals surface area contributed by atoms with Crippen molar-refractivity contribution in [2.24, 2.45) is 7.05 Å². The van der Waals surface area contributed by atoms with Gasteiger partial charge in [0.05, 0.1) is 24.5 Å². The number of nitrogens with zero attached hydrogens (tertiary/aromatic N) is 5. The number of morpholine rings is 1. The van der Waals surface area contributed by atoms with Gasteiger partial charge in [-0.15, -0.1) is 0 Å². The lowest BCUT2D eigenvalue weighted by Crippen LogP contribution is -2.41. The second-order valence-electron chi connectivity index (χ2n) is 6.15. The molecule has 2 aromatic heterocycles. The standard InChI is InChI=1S/C19H19N5O2/c1-23-18(25)11-16(15-7-8-20-13-21-15)22-19(23)24-9-10-26-17(12-24)14-5-3-2-4-6-14/h2-8,11,13,17H,9-10,12H2,1H3/t17-/m1/s1. The van der Waals surface area contributed by atoms with Gasteiger partial charge in [0.2, 0.25) is 5.95 Å². The second-order valence-corrected chi connectivity index (χ2v) is 6.15. The Bertz CT molecular complexity index is 943. The van der Waals surface area contributed by atoms with E-state index in [2.05, 4.69) is 27.0 Å². The number of anilines is 1. The summed E-state index contributed by atoms with van der Waals surface area (Å²) in [6.07, 6.45) is 3.04. The van der Waals surface area contributed by atoms with Crippen LogP contribution in [0.15, 0.2) is 59.8 Å². The molecule has 7 nitrogen and oxygen atoms in total. The van der Waals surface area contributed by atoms with E-state index in [0.29, 0.717) is 37.0 Å². The molecule has 3 aromatic rings. The van der Waals surface area contributed by atoms with Gasteiger partial charge < -0.3 is 9.64 Å². The molecule has 7 heteroatoms. The van der Waals surface area contributed by atoms with Gasteiger partial charge in [0.25, 0.3) is 5.56 Å². The van der Waals surface area contributed by atoms with Crippen LogP contribution in [0.2, 0.25) is 0 Å². The first-order chi connectivity index (χ1) is 12.7. The highest BCUT2D eigenvalue weighted by molar-refractivity contribution is 5.55. The number of hydrogen-bond acceptors (Lipinski definition) is 6. The molecule has 3 heterocycles. The smallest absolute Gasteiger partial charge is 0.255 e. The topological polar surface area (TPSA) is 73.1 Å². The third-order valence-corrected chi connectivity index (χ3v) is 4.48. The summed E-state index contributed by atoms with van der Waals surface area (Å²) in [5, 5.41) is 0. The van der Waals surface area contributed by atoms with E-state index in [1.54, 1.807) is 23.9 Å². The zero-order chi connectivity index (χ0) is 17.9. The average molecular weight is 349 g/mol. The van der Waals surface area contributed by atoms with Gasteiger partial charge in [-0.05, 0) is 11.6 Å². The molecule has 1 aliphatic rings. The molecule has 132 valence electrons. The SMILES string of the molecule is Cn1c(N2CCO[C@@H](c3ccccc3)C2)nc(-c2ccncn2)cc1=O. The van der Waals surface area contributed by atoms with Crippen LogP contribution in [0.4, 0.5) is 5.95 Å². The Hall–Kier alpha value is -3.06. The zero-order valence-electron chi connectivity index (χ0n) is 14.4. The van der Waals surface area contributed by atoms with Crippen molar-refractivity contribution in [3.05, 3.63) is 70.9 Å². The van der Waals surface area contributed by atoms with Crippen LogP contribution in [0.5, 0.6) is 0 Å². The molecule has 0 unspecified atom stereocenters. The molecule has 0 radical (unpaired) electrons. The lowest BCUT2D eigenvalue weighted by atomic mass is 10.1. The Morgan fingerprint density at radius 3 is 2.77 bits per heavy atom. The van der Waals surface area contributed by atoms with Gasteiger partial charge in [-0.2, -0.15) is 0 Å². The van der Waals surface area contributed by atoms with Crippen LogP contribution >= 0.6 is 0 Å². The van der Waals surface area contributed by atoms with Crippen LogP contribution in [-0.2, 0) is 11.8 Å². The lowest BCUT2D eigenvalue weighted by Gasteiger charge is -2.34. The monoisotopic (exact) mass is 349 g/mol. The van der Waals surface area contributed by atoms with Crippen molar-refractivity contribution in [2.45, 2.75) is 6.10 Å². The van der Waals surface area contributed by atoms with Crippen LogP contribution in [0.3, 0.4) is 0 Å². The molecule has 1 saturated heterocycles. The number of hydrogen-bond donors (Lipinski definition) is 0. The van der Waals surface area contributed by atoms with Crippen LogP contribution in [-0.4, -0.2) is 39.2 Å². The van der Waals surface area contributed by atoms with Crippen molar-refractivity contribution in [2.75, 3.05) is 24.6 Å². The van der Waals surface area contributed by atoms with Gasteiger partial charge in [0.15, 0.2) is 0 Å². The summed E-state index contributed by atoms with van der Waals surface area (Å²) in [6, 6.07) is 13.3. The van der Waals surface area contributed by atoms with Gasteiger partial charge >= 0.3 is 0 Å². The molecular weight excluding hydrogens is 330 g/mol. The number of benzene rings is 1. The van der Waals surface area contributed by atoms with Crippen LogP contribution in [0.1, 0.15) is 11.7 Å². The van der Waals surface area contributed by atoms with Gasteiger partial charge in [-0.25, -0.2) is 15.0 Å². The Morgan fingerprint density at radius 2 is 2.00 bits per heavy atom. The molecular formula is C19H19N5O2. The first kappa shape index (κ1) is 16.4. The summed E-state index contributed by atoms with van der Waals surface area (Å²) in [7, 11) is 1.74. The van der Waals surface area contributed by atoms with Crippen molar-refractivity contribution in [1.29, 1.82) is 0 Å². The van der Waals surface area contributed by atoms with Crippen molar-refractivity contribution in [3.8, 4) is 11.4 Å². The molecule has 0 aliphatic carbocycles. The van der Waals surface area contributed by atoms with E-state index < -0.39 is 0 Å². The van der Waals surface area contributed by atoms with Crippen LogP contribution in [0, 0.1) is 0 Å². The molecule has 0 saturated carbocycles. The van der Waals surface area contributed by atoms with E-state index in [0.717, 1.165) is 5.56 Å². The predicted octanol–water partition coefficient (Wildman–Crippen LogP) is 1.82. The normalized spacial score (nSPS) is 17.3. The predicted molar refractivity (Wildman–Crippen MR) is 97.9 cm³/mol. The maximum Gasteiger partial charge on any atom is 0.255 e. The molecule has 1 aliphatic heterocycles. The summed E-state index contributed by atoms with van der Waals surface area (Å²) >= 11 is 0. The molecule has 0 N–H and O–H groups in total. The highest BCUT2D eigenvalue weighted by atomic mass is 16.5. The number of aromatic nitrogens is 4. The van der Waals surface area contributed by atoms with Gasteiger partial charge in [0.1, 0.15) is 12.4 Å². The van der Waals surface area contributed by atoms with Crippen LogP contribution < -0.4 is 10.5 Å². The van der Waals surface area contributed by atoms with E-state index in [1.807, 2.05) is 18.2 Å². The summed E-state index contributed by atoms with van der Waals surface area (Å²) < 4.78 is 7.49. The molecule has 0 spiro atoms. The number of ether oxygens (including phenoxy) is 1. The largest absolute Gasteiger partial charge is 0.370 e. The maximum absolute atomic E-state index is 12.4. The Labute approximate surface area is 150 Å². The summed E-state index contributed by atoms with van der Waals surface area (Å²) in [5.41, 5.74) is 2.18. The van der Waals surface area contributed by atoms with E-state index in [4.69, 9.17) is 9.72 Å². The second kappa shape index (κ2) is 7.05. The quantitative estimate of drug-likeness (QED) is 0.718. The van der Waals surface area contributed by atoms with Crippen molar-refractivity contribution in [1.82, 2.24) is 19.5 Å². The molecule has 1 atom stereocenters. The summed E-state index contributed by atoms with van der Waals surface area (Å²) in [6.45, 7) is 1.89. The first-order valence-corrected chi connectivity index (χ1v) is 8.48. The Morgan fingerprint density at radius 1 is 1.15 bits per heavy atom. The van der Waals surface area contributed by atoms with E-state index >= 15 is 0 Å². The molecule has 0 bridgehead atoms.